The van der Waals surface area contributed by atoms with Crippen LogP contribution in [0, 0.1) is 5.92 Å². The van der Waals surface area contributed by atoms with Crippen LogP contribution in [-0.2, 0) is 0 Å². The van der Waals surface area contributed by atoms with E-state index < -0.39 is 0 Å². The first kappa shape index (κ1) is 14.8. The summed E-state index contributed by atoms with van der Waals surface area (Å²) < 4.78 is 0. The molecule has 3 rings (SSSR count). The molecular formula is C17H28N4. The lowest BCUT2D eigenvalue weighted by atomic mass is 9.96. The zero-order chi connectivity index (χ0) is 14.7. The number of hydrogen-bond acceptors (Lipinski definition) is 4. The highest BCUT2D eigenvalue weighted by atomic mass is 15.3. The quantitative estimate of drug-likeness (QED) is 0.847. The minimum absolute atomic E-state index is 0.578. The van der Waals surface area contributed by atoms with E-state index in [1.165, 1.54) is 51.3 Å². The number of nitrogens with zero attached hydrogens (tertiary/aromatic N) is 4. The Morgan fingerprint density at radius 3 is 2.67 bits per heavy atom. The number of anilines is 1. The van der Waals surface area contributed by atoms with E-state index in [-0.39, 0.29) is 0 Å². The van der Waals surface area contributed by atoms with Gasteiger partial charge in [-0.25, -0.2) is 0 Å². The van der Waals surface area contributed by atoms with Crippen molar-refractivity contribution in [1.82, 2.24) is 14.8 Å². The van der Waals surface area contributed by atoms with Gasteiger partial charge in [-0.3, -0.25) is 9.88 Å². The highest BCUT2D eigenvalue weighted by molar-refractivity contribution is 5.45. The van der Waals surface area contributed by atoms with E-state index >= 15 is 0 Å². The van der Waals surface area contributed by atoms with Gasteiger partial charge in [0.05, 0.1) is 11.9 Å². The molecule has 4 heteroatoms. The van der Waals surface area contributed by atoms with Gasteiger partial charge in [0.1, 0.15) is 0 Å². The highest BCUT2D eigenvalue weighted by Crippen LogP contribution is 2.22. The summed E-state index contributed by atoms with van der Waals surface area (Å²) in [6, 6.07) is 4.79. The standard InChI is InChI=1S/C17H28N4/c1-15-13-20(14-16-5-8-19(2)9-6-16)10-11-21(15)17-4-3-7-18-12-17/h3-4,7,12,15-16H,5-6,8-11,13-14H2,1-2H3. The fraction of sp³-hybridized carbons (Fsp3) is 0.706. The Balaban J connectivity index is 1.51. The molecule has 1 atom stereocenters. The van der Waals surface area contributed by atoms with Crippen LogP contribution in [0.25, 0.3) is 0 Å². The third-order valence-electron chi connectivity index (χ3n) is 5.04. The van der Waals surface area contributed by atoms with Crippen LogP contribution in [0.1, 0.15) is 19.8 Å². The van der Waals surface area contributed by atoms with Crippen molar-refractivity contribution in [3.63, 3.8) is 0 Å². The van der Waals surface area contributed by atoms with Crippen molar-refractivity contribution in [2.24, 2.45) is 5.92 Å². The summed E-state index contributed by atoms with van der Waals surface area (Å²) in [4.78, 5) is 11.9. The van der Waals surface area contributed by atoms with Gasteiger partial charge in [-0.2, -0.15) is 0 Å². The molecule has 116 valence electrons. The van der Waals surface area contributed by atoms with Crippen LogP contribution < -0.4 is 4.90 Å². The number of likely N-dealkylation sites (tertiary alicyclic amines) is 1. The molecule has 1 aromatic heterocycles. The molecule has 2 fully saturated rings. The summed E-state index contributed by atoms with van der Waals surface area (Å²) in [5, 5.41) is 0. The number of aromatic nitrogens is 1. The maximum absolute atomic E-state index is 4.25. The zero-order valence-corrected chi connectivity index (χ0v) is 13.4. The lowest BCUT2D eigenvalue weighted by molar-refractivity contribution is 0.146. The van der Waals surface area contributed by atoms with Gasteiger partial charge in [0.2, 0.25) is 0 Å². The summed E-state index contributed by atoms with van der Waals surface area (Å²) >= 11 is 0. The van der Waals surface area contributed by atoms with E-state index in [2.05, 4.69) is 39.7 Å². The second-order valence-electron chi connectivity index (χ2n) is 6.76. The van der Waals surface area contributed by atoms with Crippen LogP contribution in [0.3, 0.4) is 0 Å². The molecule has 0 N–H and O–H groups in total. The predicted molar refractivity (Wildman–Crippen MR) is 87.7 cm³/mol. The second kappa shape index (κ2) is 6.75. The first-order valence-electron chi connectivity index (χ1n) is 8.30. The molecule has 2 saturated heterocycles. The molecule has 2 aliphatic heterocycles. The van der Waals surface area contributed by atoms with Crippen molar-refractivity contribution >= 4 is 5.69 Å². The number of pyridine rings is 1. The van der Waals surface area contributed by atoms with Crippen molar-refractivity contribution in [3.8, 4) is 0 Å². The van der Waals surface area contributed by atoms with Gasteiger partial charge in [0.15, 0.2) is 0 Å². The molecule has 0 radical (unpaired) electrons. The average molecular weight is 288 g/mol. The van der Waals surface area contributed by atoms with Crippen LogP contribution >= 0.6 is 0 Å². The van der Waals surface area contributed by atoms with E-state index in [9.17, 15) is 0 Å². The highest BCUT2D eigenvalue weighted by Gasteiger charge is 2.26. The van der Waals surface area contributed by atoms with Crippen LogP contribution in [-0.4, -0.2) is 67.1 Å². The number of hydrogen-bond donors (Lipinski definition) is 0. The van der Waals surface area contributed by atoms with Gasteiger partial charge in [-0.15, -0.1) is 0 Å². The van der Waals surface area contributed by atoms with Gasteiger partial charge < -0.3 is 9.80 Å². The monoisotopic (exact) mass is 288 g/mol. The van der Waals surface area contributed by atoms with Crippen molar-refractivity contribution in [1.29, 1.82) is 0 Å². The van der Waals surface area contributed by atoms with Crippen LogP contribution in [0.5, 0.6) is 0 Å². The summed E-state index contributed by atoms with van der Waals surface area (Å²) in [6.07, 6.45) is 6.58. The molecule has 21 heavy (non-hydrogen) atoms. The summed E-state index contributed by atoms with van der Waals surface area (Å²) in [7, 11) is 2.24. The Morgan fingerprint density at radius 2 is 2.00 bits per heavy atom. The van der Waals surface area contributed by atoms with Crippen LogP contribution in [0.15, 0.2) is 24.5 Å². The Hall–Kier alpha value is -1.13. The lowest BCUT2D eigenvalue weighted by Crippen LogP contribution is -2.53. The molecule has 2 aliphatic rings. The molecular weight excluding hydrogens is 260 g/mol. The van der Waals surface area contributed by atoms with E-state index in [1.807, 2.05) is 18.5 Å². The van der Waals surface area contributed by atoms with Gasteiger partial charge in [-0.05, 0) is 58.0 Å². The Bertz CT molecular complexity index is 428. The molecule has 0 spiro atoms. The van der Waals surface area contributed by atoms with E-state index in [4.69, 9.17) is 0 Å². The first-order chi connectivity index (χ1) is 10.2. The third-order valence-corrected chi connectivity index (χ3v) is 5.04. The molecule has 1 unspecified atom stereocenters. The third kappa shape index (κ3) is 3.74. The van der Waals surface area contributed by atoms with Gasteiger partial charge in [0, 0.05) is 38.4 Å². The lowest BCUT2D eigenvalue weighted by Gasteiger charge is -2.43. The summed E-state index contributed by atoms with van der Waals surface area (Å²) in [6.45, 7) is 9.67. The Morgan fingerprint density at radius 1 is 1.19 bits per heavy atom. The van der Waals surface area contributed by atoms with Crippen molar-refractivity contribution in [2.45, 2.75) is 25.8 Å². The van der Waals surface area contributed by atoms with E-state index in [0.29, 0.717) is 6.04 Å². The summed E-state index contributed by atoms with van der Waals surface area (Å²) in [5.74, 6) is 0.901. The smallest absolute Gasteiger partial charge is 0.0556 e. The number of piperazine rings is 1. The molecule has 0 bridgehead atoms. The molecule has 1 aromatic rings. The molecule has 3 heterocycles. The Labute approximate surface area is 128 Å². The average Bonchev–Trinajstić information content (AvgIpc) is 2.51. The van der Waals surface area contributed by atoms with Gasteiger partial charge >= 0.3 is 0 Å². The SMILES string of the molecule is CC1CN(CC2CCN(C)CC2)CCN1c1cccnc1. The van der Waals surface area contributed by atoms with Gasteiger partial charge in [0.25, 0.3) is 0 Å². The Kier molecular flexibility index (Phi) is 4.76. The van der Waals surface area contributed by atoms with Crippen molar-refractivity contribution in [3.05, 3.63) is 24.5 Å². The van der Waals surface area contributed by atoms with Crippen LogP contribution in [0.2, 0.25) is 0 Å². The molecule has 0 amide bonds. The first-order valence-corrected chi connectivity index (χ1v) is 8.30. The molecule has 0 aromatic carbocycles. The minimum Gasteiger partial charge on any atom is -0.365 e. The zero-order valence-electron chi connectivity index (χ0n) is 13.4. The number of rotatable bonds is 3. The van der Waals surface area contributed by atoms with E-state index in [0.717, 1.165) is 12.5 Å². The molecule has 4 nitrogen and oxygen atoms in total. The van der Waals surface area contributed by atoms with Crippen LogP contribution in [0.4, 0.5) is 5.69 Å². The summed E-state index contributed by atoms with van der Waals surface area (Å²) in [5.41, 5.74) is 1.27. The fourth-order valence-corrected chi connectivity index (χ4v) is 3.72. The topological polar surface area (TPSA) is 22.6 Å². The second-order valence-corrected chi connectivity index (χ2v) is 6.76. The minimum atomic E-state index is 0.578. The maximum Gasteiger partial charge on any atom is 0.0556 e. The van der Waals surface area contributed by atoms with Crippen molar-refractivity contribution < 1.29 is 0 Å². The van der Waals surface area contributed by atoms with E-state index in [1.54, 1.807) is 0 Å². The molecule has 0 saturated carbocycles. The maximum atomic E-state index is 4.25. The van der Waals surface area contributed by atoms with Gasteiger partial charge in [-0.1, -0.05) is 0 Å². The largest absolute Gasteiger partial charge is 0.365 e. The number of piperidine rings is 1. The molecule has 0 aliphatic carbocycles. The normalized spacial score (nSPS) is 26.2. The predicted octanol–water partition coefficient (Wildman–Crippen LogP) is 1.93. The fourth-order valence-electron chi connectivity index (χ4n) is 3.72. The van der Waals surface area contributed by atoms with Crippen molar-refractivity contribution in [2.75, 3.05) is 51.2 Å².